The molecule has 1 rings (SSSR count). The molecule has 0 aromatic heterocycles. The van der Waals surface area contributed by atoms with Gasteiger partial charge in [-0.25, -0.2) is 4.79 Å². The van der Waals surface area contributed by atoms with Crippen molar-refractivity contribution < 1.29 is 14.7 Å². The Morgan fingerprint density at radius 1 is 1.29 bits per heavy atom. The Labute approximate surface area is 126 Å². The first kappa shape index (κ1) is 17.2. The number of aldehydes is 1. The van der Waals surface area contributed by atoms with Crippen molar-refractivity contribution in [3.05, 3.63) is 40.5 Å². The molecule has 0 aliphatic rings. The lowest BCUT2D eigenvalue weighted by atomic mass is 9.96. The zero-order valence-corrected chi connectivity index (χ0v) is 13.1. The van der Waals surface area contributed by atoms with Gasteiger partial charge in [0.25, 0.3) is 0 Å². The fourth-order valence-corrected chi connectivity index (χ4v) is 2.30. The number of carbonyl (C=O) groups excluding carboxylic acids is 1. The van der Waals surface area contributed by atoms with Crippen LogP contribution in [0, 0.1) is 12.8 Å². The lowest BCUT2D eigenvalue weighted by Gasteiger charge is -2.07. The zero-order chi connectivity index (χ0) is 15.8. The molecule has 0 amide bonds. The smallest absolute Gasteiger partial charge is 0.337 e. The minimum Gasteiger partial charge on any atom is -0.478 e. The Balaban J connectivity index is 2.79. The second kappa shape index (κ2) is 8.40. The predicted octanol–water partition coefficient (Wildman–Crippen LogP) is 4.74. The van der Waals surface area contributed by atoms with Gasteiger partial charge < -0.3 is 5.11 Å². The van der Waals surface area contributed by atoms with E-state index in [0.717, 1.165) is 18.8 Å². The van der Waals surface area contributed by atoms with Crippen LogP contribution < -0.4 is 0 Å². The Hall–Kier alpha value is -1.90. The summed E-state index contributed by atoms with van der Waals surface area (Å²) >= 11 is 0. The maximum absolute atomic E-state index is 11.4. The molecular weight excluding hydrogens is 264 g/mol. The van der Waals surface area contributed by atoms with E-state index in [2.05, 4.69) is 13.8 Å². The predicted molar refractivity (Wildman–Crippen MR) is 85.9 cm³/mol. The molecule has 0 unspecified atom stereocenters. The van der Waals surface area contributed by atoms with Crippen LogP contribution in [-0.2, 0) is 0 Å². The lowest BCUT2D eigenvalue weighted by Crippen LogP contribution is -2.06. The molecule has 114 valence electrons. The van der Waals surface area contributed by atoms with Crippen molar-refractivity contribution in [3.8, 4) is 0 Å². The molecule has 0 aliphatic carbocycles. The number of carbonyl (C=O) groups is 2. The highest BCUT2D eigenvalue weighted by Gasteiger charge is 2.15. The van der Waals surface area contributed by atoms with Gasteiger partial charge in [-0.3, -0.25) is 4.79 Å². The maximum Gasteiger partial charge on any atom is 0.337 e. The van der Waals surface area contributed by atoms with Crippen molar-refractivity contribution >= 4 is 18.3 Å². The molecular formula is C18H24O3. The van der Waals surface area contributed by atoms with Gasteiger partial charge in [0.1, 0.15) is 0 Å². The number of hydrogen-bond acceptors (Lipinski definition) is 2. The van der Waals surface area contributed by atoms with E-state index in [0.29, 0.717) is 17.4 Å². The highest BCUT2D eigenvalue weighted by molar-refractivity contribution is 6.01. The molecule has 0 radical (unpaired) electrons. The molecule has 1 aromatic carbocycles. The van der Waals surface area contributed by atoms with Gasteiger partial charge in [-0.05, 0) is 36.8 Å². The Morgan fingerprint density at radius 2 is 2.00 bits per heavy atom. The number of allylic oxidation sites excluding steroid dienone is 1. The summed E-state index contributed by atoms with van der Waals surface area (Å²) in [6.45, 7) is 6.17. The van der Waals surface area contributed by atoms with E-state index in [1.54, 1.807) is 19.1 Å². The first-order valence-corrected chi connectivity index (χ1v) is 7.46. The largest absolute Gasteiger partial charge is 0.478 e. The monoisotopic (exact) mass is 288 g/mol. The molecule has 0 bridgehead atoms. The van der Waals surface area contributed by atoms with E-state index >= 15 is 0 Å². The van der Waals surface area contributed by atoms with Gasteiger partial charge in [0.15, 0.2) is 6.29 Å². The van der Waals surface area contributed by atoms with E-state index in [1.165, 1.54) is 12.8 Å². The third-order valence-corrected chi connectivity index (χ3v) is 3.53. The normalized spacial score (nSPS) is 11.2. The number of rotatable bonds is 8. The number of benzene rings is 1. The summed E-state index contributed by atoms with van der Waals surface area (Å²) < 4.78 is 0. The van der Waals surface area contributed by atoms with Crippen LogP contribution in [0.2, 0.25) is 0 Å². The van der Waals surface area contributed by atoms with Gasteiger partial charge in [-0.1, -0.05) is 51.0 Å². The highest BCUT2D eigenvalue weighted by atomic mass is 16.4. The van der Waals surface area contributed by atoms with Crippen LogP contribution in [0.15, 0.2) is 18.2 Å². The molecule has 0 saturated carbocycles. The summed E-state index contributed by atoms with van der Waals surface area (Å²) in [5, 5.41) is 9.31. The van der Waals surface area contributed by atoms with Gasteiger partial charge in [0.2, 0.25) is 0 Å². The number of carboxylic acid groups (broad SMARTS) is 1. The summed E-state index contributed by atoms with van der Waals surface area (Å²) in [6, 6.07) is 3.55. The average molecular weight is 288 g/mol. The highest BCUT2D eigenvalue weighted by Crippen LogP contribution is 2.20. The fourth-order valence-electron chi connectivity index (χ4n) is 2.30. The van der Waals surface area contributed by atoms with E-state index in [1.807, 2.05) is 12.2 Å². The molecule has 0 heterocycles. The minimum absolute atomic E-state index is 0.100. The van der Waals surface area contributed by atoms with Crippen LogP contribution >= 0.6 is 0 Å². The summed E-state index contributed by atoms with van der Waals surface area (Å²) in [7, 11) is 0. The van der Waals surface area contributed by atoms with Crippen molar-refractivity contribution in [1.29, 1.82) is 0 Å². The Kier molecular flexibility index (Phi) is 6.86. The van der Waals surface area contributed by atoms with Crippen LogP contribution in [-0.4, -0.2) is 17.4 Å². The van der Waals surface area contributed by atoms with Crippen molar-refractivity contribution in [3.63, 3.8) is 0 Å². The van der Waals surface area contributed by atoms with Gasteiger partial charge in [0.05, 0.1) is 5.56 Å². The topological polar surface area (TPSA) is 54.4 Å². The summed E-state index contributed by atoms with van der Waals surface area (Å²) in [5.41, 5.74) is 1.66. The Bertz CT molecular complexity index is 528. The van der Waals surface area contributed by atoms with E-state index in [4.69, 9.17) is 0 Å². The molecule has 21 heavy (non-hydrogen) atoms. The number of unbranched alkanes of at least 4 members (excludes halogenated alkanes) is 2. The molecule has 0 spiro atoms. The second-order valence-electron chi connectivity index (χ2n) is 5.76. The van der Waals surface area contributed by atoms with Crippen LogP contribution in [0.4, 0.5) is 0 Å². The first-order chi connectivity index (χ1) is 9.97. The van der Waals surface area contributed by atoms with Crippen molar-refractivity contribution in [2.45, 2.75) is 46.5 Å². The van der Waals surface area contributed by atoms with Crippen molar-refractivity contribution in [2.24, 2.45) is 5.92 Å². The molecule has 0 aliphatic heterocycles. The summed E-state index contributed by atoms with van der Waals surface area (Å²) in [5.74, 6) is -0.333. The SMILES string of the molecule is Cc1ccc(C=CCCCCC(C)C)c(C(=O)O)c1C=O. The molecule has 0 saturated heterocycles. The molecule has 0 fully saturated rings. The Morgan fingerprint density at radius 3 is 2.57 bits per heavy atom. The van der Waals surface area contributed by atoms with Crippen LogP contribution in [0.3, 0.4) is 0 Å². The number of hydrogen-bond donors (Lipinski definition) is 1. The van der Waals surface area contributed by atoms with Crippen molar-refractivity contribution in [2.75, 3.05) is 0 Å². The van der Waals surface area contributed by atoms with Gasteiger partial charge in [-0.15, -0.1) is 0 Å². The van der Waals surface area contributed by atoms with Gasteiger partial charge in [-0.2, -0.15) is 0 Å². The standard InChI is InChI=1S/C18H24O3/c1-13(2)8-6-4-5-7-9-15-11-10-14(3)16(12-19)17(15)18(20)21/h7,9-13H,4-6,8H2,1-3H3,(H,20,21). The van der Waals surface area contributed by atoms with Crippen LogP contribution in [0.1, 0.15) is 71.4 Å². The molecule has 1 aromatic rings. The quantitative estimate of drug-likeness (QED) is 0.555. The molecule has 1 N–H and O–H groups in total. The number of aryl methyl sites for hydroxylation is 1. The van der Waals surface area contributed by atoms with E-state index < -0.39 is 5.97 Å². The number of carboxylic acids is 1. The van der Waals surface area contributed by atoms with Gasteiger partial charge in [0, 0.05) is 5.56 Å². The van der Waals surface area contributed by atoms with E-state index in [-0.39, 0.29) is 11.1 Å². The summed E-state index contributed by atoms with van der Waals surface area (Å²) in [4.78, 5) is 22.5. The van der Waals surface area contributed by atoms with Crippen molar-refractivity contribution in [1.82, 2.24) is 0 Å². The fraction of sp³-hybridized carbons (Fsp3) is 0.444. The zero-order valence-electron chi connectivity index (χ0n) is 13.1. The number of aromatic carboxylic acids is 1. The first-order valence-electron chi connectivity index (χ1n) is 7.46. The maximum atomic E-state index is 11.4. The third-order valence-electron chi connectivity index (χ3n) is 3.53. The average Bonchev–Trinajstić information content (AvgIpc) is 2.42. The lowest BCUT2D eigenvalue weighted by molar-refractivity contribution is 0.0693. The minimum atomic E-state index is -1.06. The second-order valence-corrected chi connectivity index (χ2v) is 5.76. The van der Waals surface area contributed by atoms with Crippen LogP contribution in [0.25, 0.3) is 6.08 Å². The molecule has 3 heteroatoms. The van der Waals surface area contributed by atoms with Crippen LogP contribution in [0.5, 0.6) is 0 Å². The summed E-state index contributed by atoms with van der Waals surface area (Å²) in [6.07, 6.45) is 8.85. The third kappa shape index (κ3) is 5.18. The van der Waals surface area contributed by atoms with Gasteiger partial charge >= 0.3 is 5.97 Å². The molecule has 0 atom stereocenters. The van der Waals surface area contributed by atoms with E-state index in [9.17, 15) is 14.7 Å². The molecule has 3 nitrogen and oxygen atoms in total.